The first-order chi connectivity index (χ1) is 8.80. The molecule has 1 aliphatic carbocycles. The van der Waals surface area contributed by atoms with Gasteiger partial charge in [-0.2, -0.15) is 0 Å². The molecule has 2 amide bonds. The summed E-state index contributed by atoms with van der Waals surface area (Å²) in [4.78, 5) is 23.1. The normalized spacial score (nSPS) is 23.6. The average Bonchev–Trinajstić information content (AvgIpc) is 2.26. The van der Waals surface area contributed by atoms with Crippen LogP contribution in [0.5, 0.6) is 0 Å². The lowest BCUT2D eigenvalue weighted by Crippen LogP contribution is -2.42. The van der Waals surface area contributed by atoms with E-state index in [1.165, 1.54) is 0 Å². The summed E-state index contributed by atoms with van der Waals surface area (Å²) in [6, 6.07) is 0.123. The Hall–Kier alpha value is -1.26. The standard InChI is InChI=1S/C14H26N2O3/c1-14(2,3)19-13(18)16-11-7-5-6-10(8-11)9-12(17)15-4/h10-11H,5-9H2,1-4H3,(H,15,17)(H,16,18). The summed E-state index contributed by atoms with van der Waals surface area (Å²) >= 11 is 0. The summed E-state index contributed by atoms with van der Waals surface area (Å²) in [5.74, 6) is 0.427. The first kappa shape index (κ1) is 15.8. The van der Waals surface area contributed by atoms with E-state index in [9.17, 15) is 9.59 Å². The van der Waals surface area contributed by atoms with Crippen LogP contribution in [0, 0.1) is 5.92 Å². The molecule has 0 bridgehead atoms. The molecule has 110 valence electrons. The monoisotopic (exact) mass is 270 g/mol. The highest BCUT2D eigenvalue weighted by Gasteiger charge is 2.26. The highest BCUT2D eigenvalue weighted by molar-refractivity contribution is 5.75. The summed E-state index contributed by atoms with van der Waals surface area (Å²) in [6.45, 7) is 5.55. The van der Waals surface area contributed by atoms with E-state index in [-0.39, 0.29) is 18.0 Å². The Bertz CT molecular complexity index is 323. The molecule has 1 aliphatic rings. The maximum Gasteiger partial charge on any atom is 0.407 e. The molecular weight excluding hydrogens is 244 g/mol. The molecule has 0 aromatic heterocycles. The predicted octanol–water partition coefficient (Wildman–Crippen LogP) is 2.21. The van der Waals surface area contributed by atoms with Crippen molar-refractivity contribution in [2.45, 2.75) is 64.5 Å². The maximum absolute atomic E-state index is 11.7. The highest BCUT2D eigenvalue weighted by atomic mass is 16.6. The van der Waals surface area contributed by atoms with Crippen LogP contribution in [0.1, 0.15) is 52.9 Å². The third-order valence-corrected chi connectivity index (χ3v) is 3.26. The summed E-state index contributed by atoms with van der Waals surface area (Å²) in [5, 5.41) is 5.55. The Kier molecular flexibility index (Phi) is 5.63. The Labute approximate surface area is 115 Å². The van der Waals surface area contributed by atoms with Crippen LogP contribution in [-0.2, 0) is 9.53 Å². The Morgan fingerprint density at radius 2 is 1.95 bits per heavy atom. The second kappa shape index (κ2) is 6.78. The fourth-order valence-electron chi connectivity index (χ4n) is 2.45. The number of hydrogen-bond donors (Lipinski definition) is 2. The number of rotatable bonds is 3. The molecule has 1 fully saturated rings. The van der Waals surface area contributed by atoms with E-state index in [0.29, 0.717) is 12.3 Å². The van der Waals surface area contributed by atoms with Gasteiger partial charge in [-0.15, -0.1) is 0 Å². The molecule has 5 heteroatoms. The van der Waals surface area contributed by atoms with Gasteiger partial charge in [0.05, 0.1) is 0 Å². The summed E-state index contributed by atoms with van der Waals surface area (Å²) in [7, 11) is 1.65. The zero-order chi connectivity index (χ0) is 14.5. The van der Waals surface area contributed by atoms with Crippen LogP contribution >= 0.6 is 0 Å². The van der Waals surface area contributed by atoms with Gasteiger partial charge in [-0.3, -0.25) is 4.79 Å². The third-order valence-electron chi connectivity index (χ3n) is 3.26. The van der Waals surface area contributed by atoms with Crippen LogP contribution in [-0.4, -0.2) is 30.7 Å². The fourth-order valence-corrected chi connectivity index (χ4v) is 2.45. The number of alkyl carbamates (subject to hydrolysis) is 1. The van der Waals surface area contributed by atoms with Crippen molar-refractivity contribution >= 4 is 12.0 Å². The third kappa shape index (κ3) is 6.45. The van der Waals surface area contributed by atoms with E-state index in [2.05, 4.69) is 10.6 Å². The lowest BCUT2D eigenvalue weighted by atomic mass is 9.83. The van der Waals surface area contributed by atoms with Gasteiger partial charge in [-0.1, -0.05) is 6.42 Å². The molecule has 2 unspecified atom stereocenters. The first-order valence-corrected chi connectivity index (χ1v) is 7.00. The molecule has 0 saturated heterocycles. The summed E-state index contributed by atoms with van der Waals surface area (Å²) in [5.41, 5.74) is -0.472. The van der Waals surface area contributed by atoms with Gasteiger partial charge < -0.3 is 15.4 Å². The van der Waals surface area contributed by atoms with Gasteiger partial charge in [0, 0.05) is 19.5 Å². The largest absolute Gasteiger partial charge is 0.444 e. The molecule has 0 aromatic carbocycles. The van der Waals surface area contributed by atoms with E-state index in [4.69, 9.17) is 4.74 Å². The van der Waals surface area contributed by atoms with E-state index in [0.717, 1.165) is 25.7 Å². The lowest BCUT2D eigenvalue weighted by Gasteiger charge is -2.30. The molecule has 0 aromatic rings. The van der Waals surface area contributed by atoms with E-state index in [1.54, 1.807) is 7.05 Å². The predicted molar refractivity (Wildman–Crippen MR) is 73.8 cm³/mol. The molecule has 0 spiro atoms. The van der Waals surface area contributed by atoms with Crippen molar-refractivity contribution in [1.82, 2.24) is 10.6 Å². The second-order valence-electron chi connectivity index (χ2n) is 6.25. The fraction of sp³-hybridized carbons (Fsp3) is 0.857. The Morgan fingerprint density at radius 1 is 1.26 bits per heavy atom. The molecule has 2 atom stereocenters. The van der Waals surface area contributed by atoms with Gasteiger partial charge in [-0.05, 0) is 46.0 Å². The van der Waals surface area contributed by atoms with Crippen molar-refractivity contribution in [2.24, 2.45) is 5.92 Å². The van der Waals surface area contributed by atoms with E-state index >= 15 is 0 Å². The molecule has 5 nitrogen and oxygen atoms in total. The summed E-state index contributed by atoms with van der Waals surface area (Å²) in [6.07, 6.45) is 4.10. The molecule has 0 heterocycles. The van der Waals surface area contributed by atoms with Gasteiger partial charge >= 0.3 is 6.09 Å². The minimum Gasteiger partial charge on any atom is -0.444 e. The molecule has 0 aliphatic heterocycles. The van der Waals surface area contributed by atoms with Crippen molar-refractivity contribution in [3.8, 4) is 0 Å². The van der Waals surface area contributed by atoms with Crippen LogP contribution in [0.15, 0.2) is 0 Å². The second-order valence-corrected chi connectivity index (χ2v) is 6.25. The minimum atomic E-state index is -0.472. The molecule has 1 rings (SSSR count). The highest BCUT2D eigenvalue weighted by Crippen LogP contribution is 2.27. The molecular formula is C14H26N2O3. The van der Waals surface area contributed by atoms with Gasteiger partial charge in [0.25, 0.3) is 0 Å². The zero-order valence-electron chi connectivity index (χ0n) is 12.4. The maximum atomic E-state index is 11.7. The SMILES string of the molecule is CNC(=O)CC1CCCC(NC(=O)OC(C)(C)C)C1. The Balaban J connectivity index is 2.38. The van der Waals surface area contributed by atoms with Crippen molar-refractivity contribution in [1.29, 1.82) is 0 Å². The number of nitrogens with one attached hydrogen (secondary N) is 2. The van der Waals surface area contributed by atoms with E-state index in [1.807, 2.05) is 20.8 Å². The van der Waals surface area contributed by atoms with Crippen molar-refractivity contribution < 1.29 is 14.3 Å². The number of carbonyl (C=O) groups excluding carboxylic acids is 2. The van der Waals surface area contributed by atoms with Crippen molar-refractivity contribution in [2.75, 3.05) is 7.05 Å². The van der Waals surface area contributed by atoms with Crippen LogP contribution in [0.4, 0.5) is 4.79 Å². The zero-order valence-corrected chi connectivity index (χ0v) is 12.4. The van der Waals surface area contributed by atoms with Crippen molar-refractivity contribution in [3.05, 3.63) is 0 Å². The Morgan fingerprint density at radius 3 is 2.53 bits per heavy atom. The van der Waals surface area contributed by atoms with Crippen LogP contribution in [0.2, 0.25) is 0 Å². The number of amides is 2. The first-order valence-electron chi connectivity index (χ1n) is 7.00. The minimum absolute atomic E-state index is 0.0721. The van der Waals surface area contributed by atoms with Crippen LogP contribution in [0.25, 0.3) is 0 Å². The van der Waals surface area contributed by atoms with Crippen LogP contribution < -0.4 is 10.6 Å². The number of carbonyl (C=O) groups is 2. The van der Waals surface area contributed by atoms with Gasteiger partial charge in [0.1, 0.15) is 5.60 Å². The lowest BCUT2D eigenvalue weighted by molar-refractivity contribution is -0.121. The molecule has 1 saturated carbocycles. The van der Waals surface area contributed by atoms with Gasteiger partial charge in [0.2, 0.25) is 5.91 Å². The molecule has 2 N–H and O–H groups in total. The van der Waals surface area contributed by atoms with Gasteiger partial charge in [-0.25, -0.2) is 4.79 Å². The number of hydrogen-bond acceptors (Lipinski definition) is 3. The van der Waals surface area contributed by atoms with Gasteiger partial charge in [0.15, 0.2) is 0 Å². The average molecular weight is 270 g/mol. The van der Waals surface area contributed by atoms with Crippen LogP contribution in [0.3, 0.4) is 0 Å². The molecule has 0 radical (unpaired) electrons. The smallest absolute Gasteiger partial charge is 0.407 e. The van der Waals surface area contributed by atoms with Crippen molar-refractivity contribution in [3.63, 3.8) is 0 Å². The van der Waals surface area contributed by atoms with E-state index < -0.39 is 5.60 Å². The molecule has 19 heavy (non-hydrogen) atoms. The number of ether oxygens (including phenoxy) is 1. The quantitative estimate of drug-likeness (QED) is 0.826. The summed E-state index contributed by atoms with van der Waals surface area (Å²) < 4.78 is 5.25. The topological polar surface area (TPSA) is 67.4 Å².